The maximum absolute atomic E-state index is 12.7. The van der Waals surface area contributed by atoms with Crippen LogP contribution in [0.15, 0.2) is 36.7 Å². The summed E-state index contributed by atoms with van der Waals surface area (Å²) in [6.07, 6.45) is 0.840. The molecule has 0 radical (unpaired) electrons. The molecule has 0 unspecified atom stereocenters. The number of nitrogens with one attached hydrogen (secondary N) is 1. The number of benzene rings is 1. The number of alkyl halides is 3. The first-order valence-corrected chi connectivity index (χ1v) is 7.12. The second kappa shape index (κ2) is 6.00. The van der Waals surface area contributed by atoms with Crippen LogP contribution >= 0.6 is 0 Å². The number of hydrogen-bond acceptors (Lipinski definition) is 3. The van der Waals surface area contributed by atoms with Gasteiger partial charge in [-0.25, -0.2) is 0 Å². The highest BCUT2D eigenvalue weighted by molar-refractivity contribution is 5.33. The molecule has 1 aliphatic heterocycles. The molecule has 1 fully saturated rings. The minimum Gasteiger partial charge on any atom is -0.454 e. The molecule has 0 spiro atoms. The van der Waals surface area contributed by atoms with Crippen LogP contribution in [0.2, 0.25) is 0 Å². The molecule has 0 aliphatic carbocycles. The first-order valence-electron chi connectivity index (χ1n) is 7.12. The third kappa shape index (κ3) is 3.41. The van der Waals surface area contributed by atoms with Crippen LogP contribution in [0.4, 0.5) is 13.2 Å². The zero-order valence-corrected chi connectivity index (χ0v) is 11.8. The molecule has 0 atom stereocenters. The molecular weight excluding hydrogens is 295 g/mol. The van der Waals surface area contributed by atoms with Crippen molar-refractivity contribution in [2.45, 2.75) is 25.1 Å². The van der Waals surface area contributed by atoms with Crippen molar-refractivity contribution in [3.05, 3.63) is 42.2 Å². The second-order valence-electron chi connectivity index (χ2n) is 5.26. The standard InChI is InChI=1S/C15H16F3N3O/c16-15(17,18)11-2-1-3-13(8-11)22-14-9-20-21(10-14)12-4-6-19-7-5-12/h1-3,8-10,12,19H,4-7H2. The van der Waals surface area contributed by atoms with Gasteiger partial charge in [-0.1, -0.05) is 6.07 Å². The van der Waals surface area contributed by atoms with E-state index in [4.69, 9.17) is 4.74 Å². The average Bonchev–Trinajstić information content (AvgIpc) is 2.96. The third-order valence-electron chi connectivity index (χ3n) is 3.66. The summed E-state index contributed by atoms with van der Waals surface area (Å²) >= 11 is 0. The first-order chi connectivity index (χ1) is 10.5. The molecule has 2 heterocycles. The van der Waals surface area contributed by atoms with Crippen LogP contribution in [-0.4, -0.2) is 22.9 Å². The van der Waals surface area contributed by atoms with Crippen LogP contribution in [0.1, 0.15) is 24.4 Å². The monoisotopic (exact) mass is 311 g/mol. The largest absolute Gasteiger partial charge is 0.454 e. The van der Waals surface area contributed by atoms with Crippen LogP contribution < -0.4 is 10.1 Å². The van der Waals surface area contributed by atoms with Gasteiger partial charge in [-0.05, 0) is 44.1 Å². The first kappa shape index (κ1) is 14.9. The maximum atomic E-state index is 12.7. The van der Waals surface area contributed by atoms with Crippen molar-refractivity contribution in [1.29, 1.82) is 0 Å². The lowest BCUT2D eigenvalue weighted by Crippen LogP contribution is -2.29. The molecule has 1 saturated heterocycles. The van der Waals surface area contributed by atoms with E-state index in [-0.39, 0.29) is 5.75 Å². The molecule has 0 amide bonds. The summed E-state index contributed by atoms with van der Waals surface area (Å²) in [6, 6.07) is 5.14. The number of halogens is 3. The van der Waals surface area contributed by atoms with Crippen LogP contribution in [-0.2, 0) is 6.18 Å². The lowest BCUT2D eigenvalue weighted by Gasteiger charge is -2.22. The lowest BCUT2D eigenvalue weighted by molar-refractivity contribution is -0.137. The van der Waals surface area contributed by atoms with Crippen molar-refractivity contribution in [3.63, 3.8) is 0 Å². The summed E-state index contributed by atoms with van der Waals surface area (Å²) < 4.78 is 45.3. The molecule has 2 aromatic rings. The number of nitrogens with zero attached hydrogens (tertiary/aromatic N) is 2. The molecule has 1 aliphatic rings. The van der Waals surface area contributed by atoms with E-state index < -0.39 is 11.7 Å². The van der Waals surface area contributed by atoms with Crippen molar-refractivity contribution in [2.24, 2.45) is 0 Å². The van der Waals surface area contributed by atoms with Crippen LogP contribution in [0.3, 0.4) is 0 Å². The fourth-order valence-electron chi connectivity index (χ4n) is 2.52. The summed E-state index contributed by atoms with van der Waals surface area (Å²) in [4.78, 5) is 0. The second-order valence-corrected chi connectivity index (χ2v) is 5.26. The van der Waals surface area contributed by atoms with Gasteiger partial charge >= 0.3 is 6.18 Å². The number of ether oxygens (including phenoxy) is 1. The molecule has 1 aromatic heterocycles. The number of rotatable bonds is 3. The molecular formula is C15H16F3N3O. The molecule has 118 valence electrons. The van der Waals surface area contributed by atoms with E-state index in [1.54, 1.807) is 6.20 Å². The van der Waals surface area contributed by atoms with Crippen molar-refractivity contribution in [2.75, 3.05) is 13.1 Å². The molecule has 1 N–H and O–H groups in total. The summed E-state index contributed by atoms with van der Waals surface area (Å²) in [5.74, 6) is 0.595. The predicted molar refractivity (Wildman–Crippen MR) is 74.9 cm³/mol. The topological polar surface area (TPSA) is 39.1 Å². The van der Waals surface area contributed by atoms with Crippen molar-refractivity contribution >= 4 is 0 Å². The third-order valence-corrected chi connectivity index (χ3v) is 3.66. The fourth-order valence-corrected chi connectivity index (χ4v) is 2.52. The Labute approximate surface area is 125 Å². The van der Waals surface area contributed by atoms with Crippen molar-refractivity contribution in [3.8, 4) is 11.5 Å². The summed E-state index contributed by atoms with van der Waals surface area (Å²) in [5, 5.41) is 7.52. The maximum Gasteiger partial charge on any atom is 0.416 e. The van der Waals surface area contributed by atoms with Crippen LogP contribution in [0, 0.1) is 0 Å². The van der Waals surface area contributed by atoms with Gasteiger partial charge in [-0.2, -0.15) is 18.3 Å². The predicted octanol–water partition coefficient (Wildman–Crippen LogP) is 3.62. The van der Waals surface area contributed by atoms with Gasteiger partial charge < -0.3 is 10.1 Å². The van der Waals surface area contributed by atoms with Crippen LogP contribution in [0.5, 0.6) is 11.5 Å². The summed E-state index contributed by atoms with van der Waals surface area (Å²) in [5.41, 5.74) is -0.726. The normalized spacial score (nSPS) is 16.7. The Bertz CT molecular complexity index is 633. The van der Waals surface area contributed by atoms with Crippen LogP contribution in [0.25, 0.3) is 0 Å². The molecule has 22 heavy (non-hydrogen) atoms. The minimum absolute atomic E-state index is 0.152. The van der Waals surface area contributed by atoms with Gasteiger partial charge in [0.05, 0.1) is 24.0 Å². The van der Waals surface area contributed by atoms with E-state index >= 15 is 0 Å². The van der Waals surface area contributed by atoms with E-state index in [1.165, 1.54) is 18.3 Å². The van der Waals surface area contributed by atoms with E-state index in [9.17, 15) is 13.2 Å². The van der Waals surface area contributed by atoms with Gasteiger partial charge in [-0.15, -0.1) is 0 Å². The smallest absolute Gasteiger partial charge is 0.416 e. The Morgan fingerprint density at radius 2 is 1.95 bits per heavy atom. The highest BCUT2D eigenvalue weighted by Gasteiger charge is 2.30. The zero-order chi connectivity index (χ0) is 15.6. The zero-order valence-electron chi connectivity index (χ0n) is 11.8. The van der Waals surface area contributed by atoms with Gasteiger partial charge in [-0.3, -0.25) is 4.68 Å². The lowest BCUT2D eigenvalue weighted by atomic mass is 10.1. The van der Waals surface area contributed by atoms with Crippen molar-refractivity contribution < 1.29 is 17.9 Å². The fraction of sp³-hybridized carbons (Fsp3) is 0.400. The summed E-state index contributed by atoms with van der Waals surface area (Å²) in [6.45, 7) is 1.88. The van der Waals surface area contributed by atoms with Gasteiger partial charge in [0.1, 0.15) is 5.75 Å². The Morgan fingerprint density at radius 3 is 2.68 bits per heavy atom. The van der Waals surface area contributed by atoms with Gasteiger partial charge in [0.2, 0.25) is 0 Å². The Balaban J connectivity index is 1.72. The summed E-state index contributed by atoms with van der Waals surface area (Å²) in [7, 11) is 0. The molecule has 0 saturated carbocycles. The highest BCUT2D eigenvalue weighted by atomic mass is 19.4. The minimum atomic E-state index is -4.38. The van der Waals surface area contributed by atoms with Gasteiger partial charge in [0, 0.05) is 0 Å². The molecule has 3 rings (SSSR count). The number of aromatic nitrogens is 2. The molecule has 1 aromatic carbocycles. The Kier molecular flexibility index (Phi) is 4.06. The SMILES string of the molecule is FC(F)(F)c1cccc(Oc2cnn(C3CCNCC3)c2)c1. The van der Waals surface area contributed by atoms with E-state index in [0.29, 0.717) is 11.8 Å². The van der Waals surface area contributed by atoms with Crippen molar-refractivity contribution in [1.82, 2.24) is 15.1 Å². The average molecular weight is 311 g/mol. The number of hydrogen-bond donors (Lipinski definition) is 1. The number of piperidine rings is 1. The quantitative estimate of drug-likeness (QED) is 0.941. The molecule has 4 nitrogen and oxygen atoms in total. The van der Waals surface area contributed by atoms with Gasteiger partial charge in [0.15, 0.2) is 5.75 Å². The Hall–Kier alpha value is -2.02. The molecule has 0 bridgehead atoms. The van der Waals surface area contributed by atoms with Gasteiger partial charge in [0.25, 0.3) is 0 Å². The molecule has 7 heteroatoms. The Morgan fingerprint density at radius 1 is 1.18 bits per heavy atom. The van der Waals surface area contributed by atoms with E-state index in [2.05, 4.69) is 10.4 Å². The van der Waals surface area contributed by atoms with E-state index in [0.717, 1.165) is 38.1 Å². The van der Waals surface area contributed by atoms with E-state index in [1.807, 2.05) is 4.68 Å². The highest BCUT2D eigenvalue weighted by Crippen LogP contribution is 2.32.